The van der Waals surface area contributed by atoms with Gasteiger partial charge in [-0.3, -0.25) is 4.79 Å². The van der Waals surface area contributed by atoms with E-state index in [-0.39, 0.29) is 6.42 Å². The molecule has 0 aliphatic carbocycles. The second kappa shape index (κ2) is 4.16. The predicted octanol–water partition coefficient (Wildman–Crippen LogP) is 0.153. The fourth-order valence-corrected chi connectivity index (χ4v) is 1.21. The van der Waals surface area contributed by atoms with Crippen LogP contribution in [0.3, 0.4) is 0 Å². The Labute approximate surface area is 63.9 Å². The molecule has 0 aromatic carbocycles. The van der Waals surface area contributed by atoms with E-state index in [1.54, 1.807) is 0 Å². The number of Topliss-reactive ketones (excluding diaryl/α,β-unsaturated/α-hetero) is 1. The highest BCUT2D eigenvalue weighted by Gasteiger charge is 2.38. The van der Waals surface area contributed by atoms with Crippen molar-refractivity contribution in [1.82, 2.24) is 0 Å². The van der Waals surface area contributed by atoms with Gasteiger partial charge in [-0.1, -0.05) is 6.92 Å². The minimum Gasteiger partial charge on any atom is -0.475 e. The predicted molar refractivity (Wildman–Crippen MR) is 36.5 cm³/mol. The number of carbonyl (C=O) groups is 2. The summed E-state index contributed by atoms with van der Waals surface area (Å²) in [7, 11) is -2.72. The summed E-state index contributed by atoms with van der Waals surface area (Å²) in [4.78, 5) is 29.0. The molecule has 0 rings (SSSR count). The number of hydrogen-bond acceptors (Lipinski definition) is 3. The Hall–Kier alpha value is -0.800. The summed E-state index contributed by atoms with van der Waals surface area (Å²) in [5.74, 6) is -2.86. The van der Waals surface area contributed by atoms with Crippen LogP contribution in [0.25, 0.3) is 0 Å². The molecule has 5 nitrogen and oxygen atoms in total. The van der Waals surface area contributed by atoms with Crippen molar-refractivity contribution in [2.75, 3.05) is 0 Å². The molecule has 2 N–H and O–H groups in total. The van der Waals surface area contributed by atoms with E-state index in [4.69, 9.17) is 10.00 Å². The molecule has 0 aromatic heterocycles. The van der Waals surface area contributed by atoms with Crippen molar-refractivity contribution in [2.45, 2.75) is 19.0 Å². The Kier molecular flexibility index (Phi) is 3.85. The zero-order valence-electron chi connectivity index (χ0n) is 5.85. The van der Waals surface area contributed by atoms with E-state index in [0.29, 0.717) is 0 Å². The normalized spacial score (nSPS) is 13.8. The molecule has 0 spiro atoms. The zero-order valence-corrected chi connectivity index (χ0v) is 6.75. The van der Waals surface area contributed by atoms with E-state index in [9.17, 15) is 14.2 Å². The highest BCUT2D eigenvalue weighted by Crippen LogP contribution is 2.25. The van der Waals surface area contributed by atoms with Gasteiger partial charge in [0.1, 0.15) is 0 Å². The summed E-state index contributed by atoms with van der Waals surface area (Å²) in [6, 6.07) is 0. The number of rotatable bonds is 4. The van der Waals surface area contributed by atoms with Gasteiger partial charge in [0.15, 0.2) is 0 Å². The highest BCUT2D eigenvalue weighted by molar-refractivity contribution is 7.40. The first-order chi connectivity index (χ1) is 5.00. The Morgan fingerprint density at radius 2 is 2.00 bits per heavy atom. The van der Waals surface area contributed by atoms with Gasteiger partial charge in [0, 0.05) is 6.42 Å². The largest absolute Gasteiger partial charge is 0.517 e. The Bertz CT molecular complexity index is 199. The summed E-state index contributed by atoms with van der Waals surface area (Å²) >= 11 is 0. The van der Waals surface area contributed by atoms with Crippen molar-refractivity contribution in [3.05, 3.63) is 0 Å². The van der Waals surface area contributed by atoms with Crippen molar-refractivity contribution in [1.29, 1.82) is 0 Å². The second-order valence-corrected chi connectivity index (χ2v) is 3.12. The smallest absolute Gasteiger partial charge is 0.475 e. The van der Waals surface area contributed by atoms with Gasteiger partial charge in [0.2, 0.25) is 0 Å². The number of carboxylic acid groups (broad SMARTS) is 1. The van der Waals surface area contributed by atoms with E-state index in [2.05, 4.69) is 0 Å². The average molecular weight is 179 g/mol. The lowest BCUT2D eigenvalue weighted by Gasteiger charge is -1.93. The lowest BCUT2D eigenvalue weighted by Crippen LogP contribution is -2.24. The third-order valence-electron chi connectivity index (χ3n) is 1.17. The van der Waals surface area contributed by atoms with E-state index in [1.807, 2.05) is 0 Å². The van der Waals surface area contributed by atoms with Crippen LogP contribution in [-0.4, -0.2) is 27.4 Å². The minimum absolute atomic E-state index is 0.0663. The van der Waals surface area contributed by atoms with Crippen molar-refractivity contribution in [2.24, 2.45) is 0 Å². The first-order valence-electron chi connectivity index (χ1n) is 2.93. The van der Waals surface area contributed by atoms with Gasteiger partial charge in [-0.15, -0.1) is 0 Å². The summed E-state index contributed by atoms with van der Waals surface area (Å²) in [6.07, 6.45) is 0.0663. The topological polar surface area (TPSA) is 91.7 Å². The molecular formula is C5H8O5P+. The molecule has 0 aliphatic heterocycles. The van der Waals surface area contributed by atoms with E-state index < -0.39 is 25.4 Å². The van der Waals surface area contributed by atoms with Gasteiger partial charge >= 0.3 is 14.0 Å². The van der Waals surface area contributed by atoms with Crippen molar-refractivity contribution in [3.8, 4) is 0 Å². The summed E-state index contributed by atoms with van der Waals surface area (Å²) in [6.45, 7) is 1.48. The van der Waals surface area contributed by atoms with Crippen LogP contribution in [0.4, 0.5) is 0 Å². The number of carboxylic acids is 1. The molecule has 0 aromatic rings. The van der Waals surface area contributed by atoms with Gasteiger partial charge in [-0.2, -0.15) is 4.89 Å². The lowest BCUT2D eigenvalue weighted by molar-refractivity contribution is -0.148. The Morgan fingerprint density at radius 1 is 1.55 bits per heavy atom. The third-order valence-corrected chi connectivity index (χ3v) is 2.30. The molecular weight excluding hydrogens is 171 g/mol. The summed E-state index contributed by atoms with van der Waals surface area (Å²) in [5.41, 5.74) is -1.26. The summed E-state index contributed by atoms with van der Waals surface area (Å²) in [5, 5.41) is 8.14. The average Bonchev–Trinajstić information content (AvgIpc) is 1.88. The monoisotopic (exact) mass is 179 g/mol. The standard InChI is InChI=1S/C5H7O5P/c1-2-3(11(9)10)4(6)5(7)8/h3H,2H2,1H3,(H-,7,8,9,10)/p+1. The zero-order chi connectivity index (χ0) is 9.02. The van der Waals surface area contributed by atoms with Crippen LogP contribution < -0.4 is 0 Å². The molecule has 11 heavy (non-hydrogen) atoms. The van der Waals surface area contributed by atoms with Crippen LogP contribution in [0.2, 0.25) is 0 Å². The minimum atomic E-state index is -2.72. The van der Waals surface area contributed by atoms with E-state index >= 15 is 0 Å². The van der Waals surface area contributed by atoms with Crippen molar-refractivity contribution in [3.63, 3.8) is 0 Å². The van der Waals surface area contributed by atoms with Gasteiger partial charge in [-0.05, 0) is 4.57 Å². The molecule has 0 heterocycles. The molecule has 0 radical (unpaired) electrons. The van der Waals surface area contributed by atoms with E-state index in [0.717, 1.165) is 0 Å². The van der Waals surface area contributed by atoms with Crippen LogP contribution in [-0.2, 0) is 14.2 Å². The Morgan fingerprint density at radius 3 is 2.09 bits per heavy atom. The maximum atomic E-state index is 10.6. The first kappa shape index (κ1) is 10.2. The molecule has 2 unspecified atom stereocenters. The van der Waals surface area contributed by atoms with Crippen LogP contribution in [0.1, 0.15) is 13.3 Å². The number of ketones is 1. The molecule has 62 valence electrons. The van der Waals surface area contributed by atoms with Gasteiger partial charge in [-0.25, -0.2) is 4.79 Å². The fraction of sp³-hybridized carbons (Fsp3) is 0.600. The molecule has 0 aliphatic rings. The maximum absolute atomic E-state index is 10.6. The molecule has 0 bridgehead atoms. The Balaban J connectivity index is 4.39. The van der Waals surface area contributed by atoms with Crippen LogP contribution >= 0.6 is 8.03 Å². The quantitative estimate of drug-likeness (QED) is 0.473. The fourth-order valence-electron chi connectivity index (χ4n) is 0.584. The highest BCUT2D eigenvalue weighted by atomic mass is 31.1. The first-order valence-corrected chi connectivity index (χ1v) is 4.21. The third kappa shape index (κ3) is 2.74. The van der Waals surface area contributed by atoms with Gasteiger partial charge in [0.05, 0.1) is 0 Å². The molecule has 0 saturated heterocycles. The van der Waals surface area contributed by atoms with E-state index in [1.165, 1.54) is 6.92 Å². The second-order valence-electron chi connectivity index (χ2n) is 1.90. The number of hydrogen-bond donors (Lipinski definition) is 2. The maximum Gasteiger partial charge on any atom is 0.517 e. The molecule has 0 saturated carbocycles. The van der Waals surface area contributed by atoms with Crippen molar-refractivity contribution < 1.29 is 24.2 Å². The number of carbonyl (C=O) groups excluding carboxylic acids is 1. The SMILES string of the molecule is CCC(C(=O)C(=O)O)[P+](=O)O. The molecule has 0 fully saturated rings. The molecule has 6 heteroatoms. The van der Waals surface area contributed by atoms with Gasteiger partial charge in [0.25, 0.3) is 11.4 Å². The van der Waals surface area contributed by atoms with Crippen molar-refractivity contribution >= 4 is 19.8 Å². The molecule has 2 atom stereocenters. The number of aliphatic carboxylic acids is 1. The molecule has 0 amide bonds. The van der Waals surface area contributed by atoms with Crippen LogP contribution in [0.15, 0.2) is 0 Å². The van der Waals surface area contributed by atoms with Crippen LogP contribution in [0.5, 0.6) is 0 Å². The van der Waals surface area contributed by atoms with Gasteiger partial charge < -0.3 is 5.11 Å². The van der Waals surface area contributed by atoms with Crippen LogP contribution in [0, 0.1) is 0 Å². The summed E-state index contributed by atoms with van der Waals surface area (Å²) < 4.78 is 10.3. The lowest BCUT2D eigenvalue weighted by atomic mass is 10.2.